The number of benzene rings is 1. The molecule has 1 saturated heterocycles. The van der Waals surface area contributed by atoms with E-state index in [1.165, 1.54) is 0 Å². The summed E-state index contributed by atoms with van der Waals surface area (Å²) in [5.41, 5.74) is 5.87. The van der Waals surface area contributed by atoms with Crippen molar-refractivity contribution in [2.75, 3.05) is 32.7 Å². The number of carbonyl (C=O) groups is 2. The van der Waals surface area contributed by atoms with Crippen molar-refractivity contribution in [3.05, 3.63) is 35.9 Å². The molecular weight excluding hydrogens is 296 g/mol. The molecule has 1 aliphatic heterocycles. The molecule has 0 bridgehead atoms. The molecule has 3 amide bonds. The Kier molecular flexibility index (Phi) is 6.09. The van der Waals surface area contributed by atoms with Crippen molar-refractivity contribution in [1.29, 1.82) is 0 Å². The van der Waals surface area contributed by atoms with E-state index in [0.717, 1.165) is 18.7 Å². The molecule has 0 aliphatic carbocycles. The number of β-amino-alcohol motifs (C(OH)–C–C–N with tert-alkyl or cyclic N) is 1. The number of hydrogen-bond donors (Lipinski definition) is 3. The Morgan fingerprint density at radius 3 is 2.39 bits per heavy atom. The lowest BCUT2D eigenvalue weighted by Gasteiger charge is -2.38. The van der Waals surface area contributed by atoms with Crippen molar-refractivity contribution in [3.63, 3.8) is 0 Å². The van der Waals surface area contributed by atoms with E-state index in [-0.39, 0.29) is 5.91 Å². The van der Waals surface area contributed by atoms with Gasteiger partial charge in [0.15, 0.2) is 0 Å². The molecule has 7 heteroatoms. The van der Waals surface area contributed by atoms with E-state index in [0.29, 0.717) is 19.6 Å². The number of imide groups is 1. The van der Waals surface area contributed by atoms with E-state index >= 15 is 0 Å². The molecular formula is C16H24N4O3. The van der Waals surface area contributed by atoms with Crippen LogP contribution in [0.5, 0.6) is 0 Å². The van der Waals surface area contributed by atoms with Crippen LogP contribution in [0.4, 0.5) is 4.79 Å². The van der Waals surface area contributed by atoms with Crippen molar-refractivity contribution < 1.29 is 14.7 Å². The molecule has 2 unspecified atom stereocenters. The van der Waals surface area contributed by atoms with Crippen molar-refractivity contribution in [1.82, 2.24) is 15.1 Å². The number of hydrogen-bond acceptors (Lipinski definition) is 5. The third-order valence-electron chi connectivity index (χ3n) is 4.20. The van der Waals surface area contributed by atoms with E-state index in [1.807, 2.05) is 35.2 Å². The van der Waals surface area contributed by atoms with Gasteiger partial charge in [0.2, 0.25) is 5.91 Å². The lowest BCUT2D eigenvalue weighted by Crippen LogP contribution is -2.55. The molecule has 0 spiro atoms. The van der Waals surface area contributed by atoms with Crippen LogP contribution in [0.15, 0.2) is 30.3 Å². The van der Waals surface area contributed by atoms with E-state index in [1.54, 1.807) is 6.92 Å². The number of rotatable bonds is 5. The van der Waals surface area contributed by atoms with Crippen LogP contribution in [0.3, 0.4) is 0 Å². The second-order valence-corrected chi connectivity index (χ2v) is 5.79. The van der Waals surface area contributed by atoms with Crippen molar-refractivity contribution in [2.45, 2.75) is 19.1 Å². The summed E-state index contributed by atoms with van der Waals surface area (Å²) in [6.45, 7) is 5.26. The summed E-state index contributed by atoms with van der Waals surface area (Å²) >= 11 is 0. The first-order valence-electron chi connectivity index (χ1n) is 7.77. The van der Waals surface area contributed by atoms with Crippen LogP contribution >= 0.6 is 0 Å². The summed E-state index contributed by atoms with van der Waals surface area (Å²) in [6.07, 6.45) is -0.515. The Morgan fingerprint density at radius 1 is 1.22 bits per heavy atom. The van der Waals surface area contributed by atoms with Crippen LogP contribution in [0.1, 0.15) is 18.6 Å². The average molecular weight is 320 g/mol. The third-order valence-corrected chi connectivity index (χ3v) is 4.20. The summed E-state index contributed by atoms with van der Waals surface area (Å²) in [5, 5.41) is 12.4. The normalized spacial score (nSPS) is 19.0. The summed E-state index contributed by atoms with van der Waals surface area (Å²) in [4.78, 5) is 26.7. The highest BCUT2D eigenvalue weighted by Gasteiger charge is 2.26. The summed E-state index contributed by atoms with van der Waals surface area (Å²) < 4.78 is 0. The number of aliphatic hydroxyl groups is 1. The largest absolute Gasteiger partial charge is 0.387 e. The fraction of sp³-hybridized carbons (Fsp3) is 0.500. The number of urea groups is 1. The van der Waals surface area contributed by atoms with Gasteiger partial charge >= 0.3 is 6.03 Å². The molecule has 23 heavy (non-hydrogen) atoms. The maximum Gasteiger partial charge on any atom is 0.318 e. The first kappa shape index (κ1) is 17.4. The van der Waals surface area contributed by atoms with Crippen LogP contribution in [-0.2, 0) is 4.79 Å². The molecule has 1 heterocycles. The zero-order valence-electron chi connectivity index (χ0n) is 13.3. The molecule has 126 valence electrons. The van der Waals surface area contributed by atoms with Gasteiger partial charge in [-0.1, -0.05) is 30.3 Å². The highest BCUT2D eigenvalue weighted by Crippen LogP contribution is 2.15. The first-order chi connectivity index (χ1) is 11.0. The number of nitrogens with two attached hydrogens (primary N) is 1. The Bertz CT molecular complexity index is 529. The standard InChI is InChI=1S/C16H24N4O3/c1-12(15(22)18-16(17)23)20-9-7-19(8-10-20)11-14(21)13-5-3-2-4-6-13/h2-6,12,14,21H,7-11H2,1H3,(H3,17,18,22,23). The molecule has 1 aliphatic rings. The highest BCUT2D eigenvalue weighted by atomic mass is 16.3. The predicted molar refractivity (Wildman–Crippen MR) is 86.6 cm³/mol. The number of nitrogens with one attached hydrogen (secondary N) is 1. The summed E-state index contributed by atoms with van der Waals surface area (Å²) in [7, 11) is 0. The lowest BCUT2D eigenvalue weighted by molar-refractivity contribution is -0.125. The minimum atomic E-state index is -0.827. The number of aliphatic hydroxyl groups excluding tert-OH is 1. The number of carbonyl (C=O) groups excluding carboxylic acids is 2. The third kappa shape index (κ3) is 5.02. The predicted octanol–water partition coefficient (Wildman–Crippen LogP) is -0.0790. The SMILES string of the molecule is CC(C(=O)NC(N)=O)N1CCN(CC(O)c2ccccc2)CC1. The van der Waals surface area contributed by atoms with Crippen LogP contribution in [0.2, 0.25) is 0 Å². The molecule has 1 fully saturated rings. The van der Waals surface area contributed by atoms with Gasteiger partial charge in [0, 0.05) is 32.7 Å². The van der Waals surface area contributed by atoms with Crippen LogP contribution in [0, 0.1) is 0 Å². The first-order valence-corrected chi connectivity index (χ1v) is 7.77. The van der Waals surface area contributed by atoms with E-state index < -0.39 is 18.2 Å². The maximum absolute atomic E-state index is 11.8. The quantitative estimate of drug-likeness (QED) is 0.705. The van der Waals surface area contributed by atoms with Crippen LogP contribution < -0.4 is 11.1 Å². The van der Waals surface area contributed by atoms with E-state index in [2.05, 4.69) is 10.2 Å². The van der Waals surface area contributed by atoms with Gasteiger partial charge in [0.25, 0.3) is 0 Å². The Morgan fingerprint density at radius 2 is 1.83 bits per heavy atom. The Labute approximate surface area is 136 Å². The number of nitrogens with zero attached hydrogens (tertiary/aromatic N) is 2. The number of piperazine rings is 1. The topological polar surface area (TPSA) is 98.9 Å². The lowest BCUT2D eigenvalue weighted by atomic mass is 10.1. The fourth-order valence-electron chi connectivity index (χ4n) is 2.75. The molecule has 2 rings (SSSR count). The monoisotopic (exact) mass is 320 g/mol. The zero-order valence-corrected chi connectivity index (χ0v) is 13.3. The van der Waals surface area contributed by atoms with Gasteiger partial charge in [-0.15, -0.1) is 0 Å². The molecule has 1 aromatic carbocycles. The molecule has 1 aromatic rings. The minimum Gasteiger partial charge on any atom is -0.387 e. The maximum atomic E-state index is 11.8. The molecule has 2 atom stereocenters. The molecule has 0 radical (unpaired) electrons. The highest BCUT2D eigenvalue weighted by molar-refractivity contribution is 5.96. The van der Waals surface area contributed by atoms with Crippen LogP contribution in [-0.4, -0.2) is 65.6 Å². The van der Waals surface area contributed by atoms with E-state index in [4.69, 9.17) is 5.73 Å². The molecule has 0 saturated carbocycles. The summed E-state index contributed by atoms with van der Waals surface area (Å²) in [6, 6.07) is 8.35. The number of amides is 3. The zero-order chi connectivity index (χ0) is 16.8. The second-order valence-electron chi connectivity index (χ2n) is 5.79. The molecule has 4 N–H and O–H groups in total. The molecule has 7 nitrogen and oxygen atoms in total. The number of primary amides is 1. The summed E-state index contributed by atoms with van der Waals surface area (Å²) in [5.74, 6) is -0.379. The van der Waals surface area contributed by atoms with Gasteiger partial charge in [0.05, 0.1) is 12.1 Å². The van der Waals surface area contributed by atoms with Crippen LogP contribution in [0.25, 0.3) is 0 Å². The van der Waals surface area contributed by atoms with Crippen molar-refractivity contribution >= 4 is 11.9 Å². The minimum absolute atomic E-state index is 0.379. The van der Waals surface area contributed by atoms with Gasteiger partial charge in [-0.2, -0.15) is 0 Å². The molecule has 0 aromatic heterocycles. The van der Waals surface area contributed by atoms with Gasteiger partial charge in [-0.25, -0.2) is 4.79 Å². The van der Waals surface area contributed by atoms with Gasteiger partial charge < -0.3 is 10.8 Å². The van der Waals surface area contributed by atoms with Gasteiger partial charge in [0.1, 0.15) is 0 Å². The van der Waals surface area contributed by atoms with Gasteiger partial charge in [-0.3, -0.25) is 19.9 Å². The Hall–Kier alpha value is -1.96. The van der Waals surface area contributed by atoms with E-state index in [9.17, 15) is 14.7 Å². The van der Waals surface area contributed by atoms with Gasteiger partial charge in [-0.05, 0) is 12.5 Å². The van der Waals surface area contributed by atoms with Crippen molar-refractivity contribution in [3.8, 4) is 0 Å². The smallest absolute Gasteiger partial charge is 0.318 e. The Balaban J connectivity index is 1.79. The fourth-order valence-corrected chi connectivity index (χ4v) is 2.75. The van der Waals surface area contributed by atoms with Crippen molar-refractivity contribution in [2.24, 2.45) is 5.73 Å². The average Bonchev–Trinajstić information content (AvgIpc) is 2.55. The second kappa shape index (κ2) is 8.05.